The second-order valence-corrected chi connectivity index (χ2v) is 5.65. The van der Waals surface area contributed by atoms with E-state index in [4.69, 9.17) is 14.8 Å². The molecule has 0 saturated heterocycles. The fourth-order valence-electron chi connectivity index (χ4n) is 1.43. The van der Waals surface area contributed by atoms with Crippen LogP contribution in [0.5, 0.6) is 0 Å². The molecule has 2 atom stereocenters. The van der Waals surface area contributed by atoms with Crippen molar-refractivity contribution in [2.45, 2.75) is 31.3 Å². The molecular weight excluding hydrogens is 320 g/mol. The van der Waals surface area contributed by atoms with Crippen LogP contribution in [0, 0.1) is 0 Å². The van der Waals surface area contributed by atoms with Gasteiger partial charge in [0.1, 0.15) is 0 Å². The van der Waals surface area contributed by atoms with Gasteiger partial charge in [0, 0.05) is 0 Å². The van der Waals surface area contributed by atoms with Crippen LogP contribution in [0.3, 0.4) is 0 Å². The lowest BCUT2D eigenvalue weighted by Crippen LogP contribution is -2.18. The van der Waals surface area contributed by atoms with Crippen LogP contribution >= 0.6 is 0 Å². The summed E-state index contributed by atoms with van der Waals surface area (Å²) in [4.78, 5) is 22.6. The van der Waals surface area contributed by atoms with Crippen LogP contribution in [0.2, 0.25) is 0 Å². The molecule has 22 heavy (non-hydrogen) atoms. The molecule has 0 aliphatic rings. The Hall–Kier alpha value is -2.01. The van der Waals surface area contributed by atoms with E-state index in [2.05, 4.69) is 9.47 Å². The number of esters is 2. The maximum Gasteiger partial charge on any atom is 0.340 e. The standard InChI is InChI=1S/C12H14O9S/c1-6(13)20-11(15)8-3-9(12(16)21-7(2)14)5-10(4-8)22(17,18)19/h3-7,13-14H,1-2H3,(H,17,18,19). The van der Waals surface area contributed by atoms with Gasteiger partial charge in [0.05, 0.1) is 16.0 Å². The lowest BCUT2D eigenvalue weighted by molar-refractivity contribution is -0.0527. The van der Waals surface area contributed by atoms with Gasteiger partial charge in [-0.25, -0.2) is 9.59 Å². The second-order valence-electron chi connectivity index (χ2n) is 4.23. The largest absolute Gasteiger partial charge is 0.433 e. The Balaban J connectivity index is 3.34. The van der Waals surface area contributed by atoms with Gasteiger partial charge in [0.15, 0.2) is 12.6 Å². The minimum Gasteiger partial charge on any atom is -0.433 e. The van der Waals surface area contributed by atoms with E-state index in [0.717, 1.165) is 32.0 Å². The first kappa shape index (κ1) is 18.0. The van der Waals surface area contributed by atoms with Gasteiger partial charge < -0.3 is 19.7 Å². The van der Waals surface area contributed by atoms with E-state index in [-0.39, 0.29) is 0 Å². The van der Waals surface area contributed by atoms with Crippen LogP contribution in [-0.4, -0.2) is 47.7 Å². The van der Waals surface area contributed by atoms with Gasteiger partial charge in [-0.2, -0.15) is 8.42 Å². The Kier molecular flexibility index (Phi) is 5.60. The number of aliphatic hydroxyl groups is 2. The highest BCUT2D eigenvalue weighted by Crippen LogP contribution is 2.18. The molecule has 0 radical (unpaired) electrons. The zero-order chi connectivity index (χ0) is 17.1. The van der Waals surface area contributed by atoms with E-state index in [9.17, 15) is 18.0 Å². The number of benzene rings is 1. The van der Waals surface area contributed by atoms with Crippen molar-refractivity contribution in [2.24, 2.45) is 0 Å². The van der Waals surface area contributed by atoms with Gasteiger partial charge in [-0.1, -0.05) is 0 Å². The maximum absolute atomic E-state index is 11.7. The topological polar surface area (TPSA) is 147 Å². The second kappa shape index (κ2) is 6.83. The minimum atomic E-state index is -4.71. The van der Waals surface area contributed by atoms with Crippen molar-refractivity contribution in [2.75, 3.05) is 0 Å². The van der Waals surface area contributed by atoms with E-state index in [1.807, 2.05) is 0 Å². The quantitative estimate of drug-likeness (QED) is 0.382. The van der Waals surface area contributed by atoms with Gasteiger partial charge in [-0.3, -0.25) is 4.55 Å². The lowest BCUT2D eigenvalue weighted by Gasteiger charge is -2.11. The zero-order valence-corrected chi connectivity index (χ0v) is 12.4. The summed E-state index contributed by atoms with van der Waals surface area (Å²) in [6.45, 7) is 2.29. The van der Waals surface area contributed by atoms with Crippen molar-refractivity contribution >= 4 is 22.1 Å². The Morgan fingerprint density at radius 1 is 0.955 bits per heavy atom. The highest BCUT2D eigenvalue weighted by Gasteiger charge is 2.21. The van der Waals surface area contributed by atoms with E-state index < -0.39 is 50.7 Å². The Bertz CT molecular complexity index is 636. The summed E-state index contributed by atoms with van der Waals surface area (Å²) in [6, 6.07) is 2.46. The van der Waals surface area contributed by atoms with Crippen LogP contribution in [0.25, 0.3) is 0 Å². The lowest BCUT2D eigenvalue weighted by atomic mass is 10.1. The van der Waals surface area contributed by atoms with Gasteiger partial charge in [-0.05, 0) is 32.0 Å². The van der Waals surface area contributed by atoms with Crippen LogP contribution < -0.4 is 0 Å². The summed E-state index contributed by atoms with van der Waals surface area (Å²) in [5, 5.41) is 18.0. The first-order chi connectivity index (χ1) is 10.0. The number of ether oxygens (including phenoxy) is 2. The summed E-state index contributed by atoms with van der Waals surface area (Å²) >= 11 is 0. The average molecular weight is 334 g/mol. The third-order valence-electron chi connectivity index (χ3n) is 2.23. The number of hydrogen-bond donors (Lipinski definition) is 3. The molecular formula is C12H14O9S. The molecule has 0 amide bonds. The molecule has 0 aromatic heterocycles. The maximum atomic E-state index is 11.7. The highest BCUT2D eigenvalue weighted by molar-refractivity contribution is 7.85. The summed E-state index contributed by atoms with van der Waals surface area (Å²) in [5.41, 5.74) is -0.817. The molecule has 1 rings (SSSR count). The third-order valence-corrected chi connectivity index (χ3v) is 3.06. The monoisotopic (exact) mass is 334 g/mol. The van der Waals surface area contributed by atoms with Crippen LogP contribution in [0.4, 0.5) is 0 Å². The number of aliphatic hydroxyl groups excluding tert-OH is 2. The number of carbonyl (C=O) groups excluding carboxylic acids is 2. The summed E-state index contributed by atoms with van der Waals surface area (Å²) in [5.74, 6) is -2.24. The normalized spacial score (nSPS) is 14.0. The van der Waals surface area contributed by atoms with Gasteiger partial charge in [0.2, 0.25) is 0 Å². The van der Waals surface area contributed by atoms with Crippen molar-refractivity contribution in [3.63, 3.8) is 0 Å². The first-order valence-electron chi connectivity index (χ1n) is 5.91. The summed E-state index contributed by atoms with van der Waals surface area (Å²) in [7, 11) is -4.71. The summed E-state index contributed by atoms with van der Waals surface area (Å²) < 4.78 is 40.3. The molecule has 9 nitrogen and oxygen atoms in total. The predicted octanol–water partition coefficient (Wildman–Crippen LogP) is -0.0765. The Morgan fingerprint density at radius 2 is 1.32 bits per heavy atom. The molecule has 3 N–H and O–H groups in total. The predicted molar refractivity (Wildman–Crippen MR) is 70.4 cm³/mol. The minimum absolute atomic E-state index is 0.409. The molecule has 0 fully saturated rings. The van der Waals surface area contributed by atoms with E-state index in [1.54, 1.807) is 0 Å². The molecule has 0 aliphatic carbocycles. The molecule has 1 aromatic carbocycles. The number of carbonyl (C=O) groups is 2. The average Bonchev–Trinajstić information content (AvgIpc) is 2.35. The zero-order valence-electron chi connectivity index (χ0n) is 11.6. The molecule has 2 unspecified atom stereocenters. The Labute approximate surface area is 125 Å². The van der Waals surface area contributed by atoms with Crippen molar-refractivity contribution in [1.29, 1.82) is 0 Å². The van der Waals surface area contributed by atoms with E-state index >= 15 is 0 Å². The molecule has 0 bridgehead atoms. The third kappa shape index (κ3) is 5.07. The molecule has 0 heterocycles. The van der Waals surface area contributed by atoms with Gasteiger partial charge in [0.25, 0.3) is 10.1 Å². The molecule has 0 spiro atoms. The highest BCUT2D eigenvalue weighted by atomic mass is 32.2. The number of hydrogen-bond acceptors (Lipinski definition) is 8. The van der Waals surface area contributed by atoms with Crippen LogP contribution in [-0.2, 0) is 19.6 Å². The van der Waals surface area contributed by atoms with Crippen LogP contribution in [0.1, 0.15) is 34.6 Å². The molecule has 1 aromatic rings. The SMILES string of the molecule is CC(O)OC(=O)c1cc(C(=O)OC(C)O)cc(S(=O)(=O)O)c1. The molecule has 10 heteroatoms. The van der Waals surface area contributed by atoms with Crippen molar-refractivity contribution in [3.05, 3.63) is 29.3 Å². The van der Waals surface area contributed by atoms with E-state index in [1.165, 1.54) is 0 Å². The van der Waals surface area contributed by atoms with Crippen LogP contribution in [0.15, 0.2) is 23.1 Å². The molecule has 0 aliphatic heterocycles. The molecule has 122 valence electrons. The molecule has 0 saturated carbocycles. The van der Waals surface area contributed by atoms with Crippen molar-refractivity contribution < 1.29 is 42.2 Å². The summed E-state index contributed by atoms with van der Waals surface area (Å²) in [6.07, 6.45) is -2.93. The fraction of sp³-hybridized carbons (Fsp3) is 0.333. The first-order valence-corrected chi connectivity index (χ1v) is 7.35. The van der Waals surface area contributed by atoms with Crippen molar-refractivity contribution in [1.82, 2.24) is 0 Å². The van der Waals surface area contributed by atoms with Gasteiger partial charge >= 0.3 is 11.9 Å². The van der Waals surface area contributed by atoms with E-state index in [0.29, 0.717) is 0 Å². The van der Waals surface area contributed by atoms with Gasteiger partial charge in [-0.15, -0.1) is 0 Å². The number of rotatable bonds is 5. The van der Waals surface area contributed by atoms with Crippen molar-refractivity contribution in [3.8, 4) is 0 Å². The smallest absolute Gasteiger partial charge is 0.340 e. The fourth-order valence-corrected chi connectivity index (χ4v) is 1.98. The Morgan fingerprint density at radius 3 is 1.59 bits per heavy atom.